The van der Waals surface area contributed by atoms with Crippen molar-refractivity contribution in [1.29, 1.82) is 0 Å². The van der Waals surface area contributed by atoms with Crippen LogP contribution < -0.4 is 11.3 Å². The first kappa shape index (κ1) is 15.5. The van der Waals surface area contributed by atoms with E-state index in [0.717, 1.165) is 38.5 Å². The zero-order valence-electron chi connectivity index (χ0n) is 11.8. The third kappa shape index (κ3) is 4.04. The van der Waals surface area contributed by atoms with Crippen LogP contribution in [-0.4, -0.2) is 25.5 Å². The summed E-state index contributed by atoms with van der Waals surface area (Å²) in [5.74, 6) is 5.90. The van der Waals surface area contributed by atoms with Crippen LogP contribution in [0.3, 0.4) is 0 Å². The Labute approximate surface area is 121 Å². The Balaban J connectivity index is 1.89. The molecular weight excluding hydrogens is 272 g/mol. The van der Waals surface area contributed by atoms with Gasteiger partial charge in [0.15, 0.2) is 9.84 Å². The van der Waals surface area contributed by atoms with Crippen molar-refractivity contribution in [3.8, 4) is 0 Å². The average molecular weight is 296 g/mol. The molecule has 1 aliphatic heterocycles. The minimum Gasteiger partial charge on any atom is -0.271 e. The summed E-state index contributed by atoms with van der Waals surface area (Å²) in [6.45, 7) is 0. The Kier molecular flexibility index (Phi) is 5.57. The molecule has 1 saturated heterocycles. The van der Waals surface area contributed by atoms with Crippen LogP contribution in [0.4, 0.5) is 0 Å². The van der Waals surface area contributed by atoms with Crippen molar-refractivity contribution in [1.82, 2.24) is 5.43 Å². The van der Waals surface area contributed by atoms with Gasteiger partial charge in [-0.15, -0.1) is 0 Å². The molecule has 0 amide bonds. The normalized spacial score (nSPS) is 23.4. The number of benzene rings is 1. The lowest BCUT2D eigenvalue weighted by atomic mass is 10.00. The molecule has 4 nitrogen and oxygen atoms in total. The van der Waals surface area contributed by atoms with Crippen molar-refractivity contribution in [2.45, 2.75) is 49.8 Å². The molecule has 0 spiro atoms. The van der Waals surface area contributed by atoms with E-state index >= 15 is 0 Å². The molecule has 1 aliphatic rings. The van der Waals surface area contributed by atoms with Gasteiger partial charge < -0.3 is 0 Å². The van der Waals surface area contributed by atoms with E-state index in [1.807, 2.05) is 18.2 Å². The van der Waals surface area contributed by atoms with E-state index in [1.165, 1.54) is 5.56 Å². The van der Waals surface area contributed by atoms with Crippen LogP contribution in [0.25, 0.3) is 0 Å². The molecule has 2 atom stereocenters. The number of rotatable bonds is 6. The van der Waals surface area contributed by atoms with E-state index in [2.05, 4.69) is 17.6 Å². The first-order valence-electron chi connectivity index (χ1n) is 7.35. The Hall–Kier alpha value is -0.910. The molecule has 1 fully saturated rings. The number of nitrogens with two attached hydrogens (primary N) is 1. The van der Waals surface area contributed by atoms with Crippen molar-refractivity contribution in [3.63, 3.8) is 0 Å². The summed E-state index contributed by atoms with van der Waals surface area (Å²) >= 11 is 0. The summed E-state index contributed by atoms with van der Waals surface area (Å²) < 4.78 is 24.2. The largest absolute Gasteiger partial charge is 0.271 e. The summed E-state index contributed by atoms with van der Waals surface area (Å²) in [6, 6.07) is 10.1. The highest BCUT2D eigenvalue weighted by Crippen LogP contribution is 2.24. The molecule has 2 unspecified atom stereocenters. The third-order valence-electron chi connectivity index (χ3n) is 4.12. The maximum Gasteiger partial charge on any atom is 0.154 e. The number of aryl methyl sites for hydroxylation is 1. The second-order valence-electron chi connectivity index (χ2n) is 5.55. The Morgan fingerprint density at radius 1 is 1.25 bits per heavy atom. The molecule has 0 aromatic heterocycles. The maximum atomic E-state index is 12.1. The monoisotopic (exact) mass is 296 g/mol. The van der Waals surface area contributed by atoms with Gasteiger partial charge >= 0.3 is 0 Å². The van der Waals surface area contributed by atoms with Gasteiger partial charge in [0, 0.05) is 6.04 Å². The van der Waals surface area contributed by atoms with Gasteiger partial charge in [-0.2, -0.15) is 0 Å². The first-order valence-corrected chi connectivity index (χ1v) is 9.06. The van der Waals surface area contributed by atoms with Gasteiger partial charge in [0.05, 0.1) is 11.0 Å². The molecule has 20 heavy (non-hydrogen) atoms. The predicted molar refractivity (Wildman–Crippen MR) is 81.9 cm³/mol. The van der Waals surface area contributed by atoms with Crippen molar-refractivity contribution >= 4 is 9.84 Å². The number of hydrazine groups is 1. The molecule has 1 aromatic carbocycles. The van der Waals surface area contributed by atoms with Crippen LogP contribution in [0.15, 0.2) is 30.3 Å². The fraction of sp³-hybridized carbons (Fsp3) is 0.600. The SMILES string of the molecule is NNC(CCCc1ccccc1)C1CCCCS1(=O)=O. The first-order chi connectivity index (χ1) is 9.63. The van der Waals surface area contributed by atoms with Crippen molar-refractivity contribution in [2.24, 2.45) is 5.84 Å². The van der Waals surface area contributed by atoms with Crippen LogP contribution in [0.1, 0.15) is 37.7 Å². The molecule has 0 bridgehead atoms. The molecule has 1 aromatic rings. The van der Waals surface area contributed by atoms with Crippen molar-refractivity contribution in [2.75, 3.05) is 5.75 Å². The molecule has 0 aliphatic carbocycles. The Morgan fingerprint density at radius 3 is 2.65 bits per heavy atom. The van der Waals surface area contributed by atoms with Gasteiger partial charge in [-0.25, -0.2) is 8.42 Å². The average Bonchev–Trinajstić information content (AvgIpc) is 2.45. The zero-order valence-corrected chi connectivity index (χ0v) is 12.6. The standard InChI is InChI=1S/C15H24N2O2S/c16-17-14(15-11-4-5-12-20(15,18)19)10-6-9-13-7-2-1-3-8-13/h1-3,7-8,14-15,17H,4-6,9-12,16H2. The second-order valence-corrected chi connectivity index (χ2v) is 7.89. The number of hydrogen-bond donors (Lipinski definition) is 2. The minimum absolute atomic E-state index is 0.121. The lowest BCUT2D eigenvalue weighted by molar-refractivity contribution is 0.415. The molecule has 2 rings (SSSR count). The molecule has 3 N–H and O–H groups in total. The number of hydrogen-bond acceptors (Lipinski definition) is 4. The third-order valence-corrected chi connectivity index (χ3v) is 6.46. The van der Waals surface area contributed by atoms with Gasteiger partial charge in [-0.05, 0) is 37.7 Å². The number of sulfone groups is 1. The smallest absolute Gasteiger partial charge is 0.154 e. The minimum atomic E-state index is -2.97. The Bertz CT molecular complexity index is 502. The second kappa shape index (κ2) is 7.20. The summed E-state index contributed by atoms with van der Waals surface area (Å²) in [6.07, 6.45) is 5.23. The predicted octanol–water partition coefficient (Wildman–Crippen LogP) is 1.81. The summed E-state index contributed by atoms with van der Waals surface area (Å²) in [4.78, 5) is 0. The highest BCUT2D eigenvalue weighted by atomic mass is 32.2. The van der Waals surface area contributed by atoms with E-state index in [9.17, 15) is 8.42 Å². The lowest BCUT2D eigenvalue weighted by Gasteiger charge is -2.29. The summed E-state index contributed by atoms with van der Waals surface area (Å²) in [5, 5.41) is -0.308. The van der Waals surface area contributed by atoms with Crippen LogP contribution in [0, 0.1) is 0 Å². The number of nitrogens with one attached hydrogen (secondary N) is 1. The topological polar surface area (TPSA) is 72.2 Å². The van der Waals surface area contributed by atoms with Crippen LogP contribution in [0.5, 0.6) is 0 Å². The van der Waals surface area contributed by atoms with Crippen LogP contribution >= 0.6 is 0 Å². The van der Waals surface area contributed by atoms with Crippen molar-refractivity contribution < 1.29 is 8.42 Å². The Morgan fingerprint density at radius 2 is 2.00 bits per heavy atom. The maximum absolute atomic E-state index is 12.1. The van der Waals surface area contributed by atoms with E-state index in [4.69, 9.17) is 5.84 Å². The highest BCUT2D eigenvalue weighted by Gasteiger charge is 2.34. The molecule has 0 radical (unpaired) electrons. The lowest BCUT2D eigenvalue weighted by Crippen LogP contribution is -2.49. The fourth-order valence-corrected chi connectivity index (χ4v) is 5.13. The van der Waals surface area contributed by atoms with Crippen LogP contribution in [0.2, 0.25) is 0 Å². The van der Waals surface area contributed by atoms with Gasteiger partial charge in [0.1, 0.15) is 0 Å². The quantitative estimate of drug-likeness (QED) is 0.620. The summed E-state index contributed by atoms with van der Waals surface area (Å²) in [7, 11) is -2.97. The molecule has 0 saturated carbocycles. The summed E-state index contributed by atoms with van der Waals surface area (Å²) in [5.41, 5.74) is 4.02. The molecule has 112 valence electrons. The van der Waals surface area contributed by atoms with E-state index in [-0.39, 0.29) is 11.3 Å². The van der Waals surface area contributed by atoms with Gasteiger partial charge in [-0.1, -0.05) is 36.8 Å². The van der Waals surface area contributed by atoms with Gasteiger partial charge in [0.2, 0.25) is 0 Å². The molecule has 1 heterocycles. The van der Waals surface area contributed by atoms with Crippen molar-refractivity contribution in [3.05, 3.63) is 35.9 Å². The zero-order chi connectivity index (χ0) is 14.4. The molecule has 5 heteroatoms. The van der Waals surface area contributed by atoms with E-state index < -0.39 is 9.84 Å². The van der Waals surface area contributed by atoms with Crippen LogP contribution in [-0.2, 0) is 16.3 Å². The van der Waals surface area contributed by atoms with E-state index in [0.29, 0.717) is 5.75 Å². The van der Waals surface area contributed by atoms with E-state index in [1.54, 1.807) is 0 Å². The molecular formula is C15H24N2O2S. The van der Waals surface area contributed by atoms with Gasteiger partial charge in [-0.3, -0.25) is 11.3 Å². The fourth-order valence-electron chi connectivity index (χ4n) is 2.98. The van der Waals surface area contributed by atoms with Gasteiger partial charge in [0.25, 0.3) is 0 Å². The highest BCUT2D eigenvalue weighted by molar-refractivity contribution is 7.92.